The number of hydrazone groups is 1. The molecule has 0 aliphatic rings. The number of allylic oxidation sites excluding steroid dienone is 1. The van der Waals surface area contributed by atoms with Crippen molar-refractivity contribution in [2.24, 2.45) is 5.10 Å². The van der Waals surface area contributed by atoms with Crippen molar-refractivity contribution in [1.29, 1.82) is 5.26 Å². The molecule has 1 heterocycles. The normalized spacial score (nSPS) is 10.5. The lowest BCUT2D eigenvalue weighted by molar-refractivity contribution is 0.450. The minimum atomic E-state index is -0.124. The van der Waals surface area contributed by atoms with Crippen LogP contribution in [0.5, 0.6) is 11.5 Å². The summed E-state index contributed by atoms with van der Waals surface area (Å²) in [7, 11) is 0. The van der Waals surface area contributed by atoms with Gasteiger partial charge in [0.15, 0.2) is 0 Å². The van der Waals surface area contributed by atoms with E-state index in [9.17, 15) is 10.2 Å². The number of nitrogens with zero attached hydrogens (tertiary/aromatic N) is 3. The summed E-state index contributed by atoms with van der Waals surface area (Å²) in [6, 6.07) is 5.96. The van der Waals surface area contributed by atoms with Crippen molar-refractivity contribution >= 4 is 17.7 Å². The van der Waals surface area contributed by atoms with Crippen molar-refractivity contribution in [3.8, 4) is 17.6 Å². The third-order valence-corrected chi connectivity index (χ3v) is 2.48. The number of benzene rings is 1. The third kappa shape index (κ3) is 3.19. The Morgan fingerprint density at radius 1 is 1.52 bits per heavy atom. The molecule has 0 saturated carbocycles. The predicted octanol–water partition coefficient (Wildman–Crippen LogP) is 2.44. The molecule has 7 nitrogen and oxygen atoms in total. The fourth-order valence-corrected chi connectivity index (χ4v) is 1.46. The van der Waals surface area contributed by atoms with Gasteiger partial charge in [0, 0.05) is 17.2 Å². The lowest BCUT2D eigenvalue weighted by atomic mass is 10.2. The van der Waals surface area contributed by atoms with Gasteiger partial charge in [-0.05, 0) is 19.1 Å². The van der Waals surface area contributed by atoms with E-state index in [0.717, 1.165) is 0 Å². The van der Waals surface area contributed by atoms with E-state index in [-0.39, 0.29) is 29.0 Å². The van der Waals surface area contributed by atoms with Crippen LogP contribution >= 0.6 is 0 Å². The summed E-state index contributed by atoms with van der Waals surface area (Å²) >= 11 is 0. The van der Waals surface area contributed by atoms with Gasteiger partial charge in [-0.3, -0.25) is 0 Å². The molecule has 0 spiro atoms. The Hall–Kier alpha value is -3.27. The number of rotatable bonds is 4. The van der Waals surface area contributed by atoms with Crippen molar-refractivity contribution in [3.05, 3.63) is 41.9 Å². The number of hydrogen-bond donors (Lipinski definition) is 3. The second kappa shape index (κ2) is 5.79. The average Bonchev–Trinajstić information content (AvgIpc) is 2.85. The lowest BCUT2D eigenvalue weighted by Crippen LogP contribution is -1.91. The summed E-state index contributed by atoms with van der Waals surface area (Å²) in [5.74, 6) is 0.161. The maximum absolute atomic E-state index is 9.59. The second-order valence-corrected chi connectivity index (χ2v) is 4.20. The molecule has 1 aromatic heterocycles. The highest BCUT2D eigenvalue weighted by molar-refractivity contribution is 5.84. The van der Waals surface area contributed by atoms with Gasteiger partial charge in [-0.1, -0.05) is 6.58 Å². The molecule has 106 valence electrons. The first-order valence-corrected chi connectivity index (χ1v) is 5.89. The molecule has 2 aromatic rings. The Kier molecular flexibility index (Phi) is 3.90. The van der Waals surface area contributed by atoms with Gasteiger partial charge in [0.2, 0.25) is 11.6 Å². The van der Waals surface area contributed by atoms with Crippen LogP contribution in [0.4, 0.5) is 5.88 Å². The Labute approximate surface area is 120 Å². The maximum Gasteiger partial charge on any atom is 0.252 e. The Bertz CT molecular complexity index is 756. The summed E-state index contributed by atoms with van der Waals surface area (Å²) in [6.07, 6.45) is 1.32. The highest BCUT2D eigenvalue weighted by Gasteiger charge is 2.12. The standard InChI is InChI=1S/C14H12N4O3/c1-8(2)13-17-11(6-15)14(21-13)18-16-7-9-3-4-10(19)5-12(9)20/h3-5,7,18-20H,1H2,2H3/b16-7-. The molecule has 0 amide bonds. The van der Waals surface area contributed by atoms with Gasteiger partial charge in [-0.15, -0.1) is 0 Å². The number of oxazole rings is 1. The zero-order valence-electron chi connectivity index (χ0n) is 11.2. The first-order valence-electron chi connectivity index (χ1n) is 5.89. The van der Waals surface area contributed by atoms with E-state index < -0.39 is 0 Å². The van der Waals surface area contributed by atoms with E-state index in [2.05, 4.69) is 22.1 Å². The van der Waals surface area contributed by atoms with Crippen molar-refractivity contribution in [2.75, 3.05) is 5.43 Å². The van der Waals surface area contributed by atoms with E-state index in [0.29, 0.717) is 11.1 Å². The fourth-order valence-electron chi connectivity index (χ4n) is 1.46. The van der Waals surface area contributed by atoms with Crippen LogP contribution in [0.2, 0.25) is 0 Å². The highest BCUT2D eigenvalue weighted by Crippen LogP contribution is 2.22. The molecule has 1 aromatic carbocycles. The number of aromatic hydroxyl groups is 2. The van der Waals surface area contributed by atoms with Crippen LogP contribution in [0.3, 0.4) is 0 Å². The van der Waals surface area contributed by atoms with Crippen molar-refractivity contribution in [1.82, 2.24) is 4.98 Å². The first kappa shape index (κ1) is 14.1. The molecule has 0 atom stereocenters. The summed E-state index contributed by atoms with van der Waals surface area (Å²) in [5, 5.41) is 31.6. The molecular formula is C14H12N4O3. The molecule has 0 aliphatic heterocycles. The lowest BCUT2D eigenvalue weighted by Gasteiger charge is -1.99. The number of aromatic nitrogens is 1. The molecule has 0 fully saturated rings. The van der Waals surface area contributed by atoms with Gasteiger partial charge >= 0.3 is 0 Å². The van der Waals surface area contributed by atoms with E-state index in [1.165, 1.54) is 24.4 Å². The molecule has 0 unspecified atom stereocenters. The Morgan fingerprint density at radius 3 is 2.90 bits per heavy atom. The number of hydrogen-bond acceptors (Lipinski definition) is 7. The number of phenolic OH excluding ortho intramolecular Hbond substituents is 2. The van der Waals surface area contributed by atoms with E-state index >= 15 is 0 Å². The topological polar surface area (TPSA) is 115 Å². The molecule has 0 bridgehead atoms. The molecule has 0 radical (unpaired) electrons. The zero-order chi connectivity index (χ0) is 15.4. The summed E-state index contributed by atoms with van der Waals surface area (Å²) in [4.78, 5) is 3.94. The molecule has 7 heteroatoms. The molecule has 3 N–H and O–H groups in total. The maximum atomic E-state index is 9.59. The second-order valence-electron chi connectivity index (χ2n) is 4.20. The highest BCUT2D eigenvalue weighted by atomic mass is 16.4. The van der Waals surface area contributed by atoms with Crippen LogP contribution in [-0.2, 0) is 0 Å². The average molecular weight is 284 g/mol. The van der Waals surface area contributed by atoms with Crippen molar-refractivity contribution in [3.63, 3.8) is 0 Å². The predicted molar refractivity (Wildman–Crippen MR) is 76.9 cm³/mol. The number of nitriles is 1. The third-order valence-electron chi connectivity index (χ3n) is 2.48. The van der Waals surface area contributed by atoms with Crippen LogP contribution in [0.1, 0.15) is 24.1 Å². The molecule has 0 aliphatic carbocycles. The SMILES string of the molecule is C=C(C)c1nc(C#N)c(N/N=C\c2ccc(O)cc2O)o1. The van der Waals surface area contributed by atoms with E-state index in [1.807, 2.05) is 6.07 Å². The van der Waals surface area contributed by atoms with Crippen LogP contribution in [-0.4, -0.2) is 21.4 Å². The van der Waals surface area contributed by atoms with Crippen LogP contribution < -0.4 is 5.43 Å². The number of phenols is 2. The monoisotopic (exact) mass is 284 g/mol. The molecule has 2 rings (SSSR count). The Balaban J connectivity index is 2.18. The molecule has 0 saturated heterocycles. The van der Waals surface area contributed by atoms with Crippen LogP contribution in [0, 0.1) is 11.3 Å². The van der Waals surface area contributed by atoms with Crippen molar-refractivity contribution in [2.45, 2.75) is 6.92 Å². The Morgan fingerprint density at radius 2 is 2.29 bits per heavy atom. The molecular weight excluding hydrogens is 272 g/mol. The smallest absolute Gasteiger partial charge is 0.252 e. The van der Waals surface area contributed by atoms with Gasteiger partial charge in [-0.25, -0.2) is 5.43 Å². The van der Waals surface area contributed by atoms with E-state index in [1.54, 1.807) is 6.92 Å². The summed E-state index contributed by atoms with van der Waals surface area (Å²) < 4.78 is 5.29. The minimum absolute atomic E-state index is 0.0503. The number of nitrogens with one attached hydrogen (secondary N) is 1. The van der Waals surface area contributed by atoms with Gasteiger partial charge in [-0.2, -0.15) is 15.3 Å². The van der Waals surface area contributed by atoms with Crippen LogP contribution in [0.15, 0.2) is 34.3 Å². The summed E-state index contributed by atoms with van der Waals surface area (Å²) in [5.41, 5.74) is 3.56. The number of anilines is 1. The van der Waals surface area contributed by atoms with Crippen molar-refractivity contribution < 1.29 is 14.6 Å². The van der Waals surface area contributed by atoms with Gasteiger partial charge in [0.05, 0.1) is 6.21 Å². The quantitative estimate of drug-likeness (QED) is 0.586. The minimum Gasteiger partial charge on any atom is -0.508 e. The summed E-state index contributed by atoms with van der Waals surface area (Å²) in [6.45, 7) is 5.38. The van der Waals surface area contributed by atoms with Gasteiger partial charge in [0.25, 0.3) is 5.88 Å². The van der Waals surface area contributed by atoms with Gasteiger partial charge in [0.1, 0.15) is 17.6 Å². The van der Waals surface area contributed by atoms with E-state index in [4.69, 9.17) is 9.68 Å². The van der Waals surface area contributed by atoms with Gasteiger partial charge < -0.3 is 14.6 Å². The van der Waals surface area contributed by atoms with Crippen LogP contribution in [0.25, 0.3) is 5.57 Å². The largest absolute Gasteiger partial charge is 0.508 e. The zero-order valence-corrected chi connectivity index (χ0v) is 11.2. The fraction of sp³-hybridized carbons (Fsp3) is 0.0714. The molecule has 21 heavy (non-hydrogen) atoms. The first-order chi connectivity index (χ1) is 10.0.